The molecule has 100 valence electrons. The van der Waals surface area contributed by atoms with Crippen molar-refractivity contribution in [3.63, 3.8) is 0 Å². The number of carbonyl (C=O) groups excluding carboxylic acids is 1. The lowest BCUT2D eigenvalue weighted by molar-refractivity contribution is -0.121. The molecule has 0 bridgehead atoms. The molecule has 0 aromatic carbocycles. The summed E-state index contributed by atoms with van der Waals surface area (Å²) in [5.74, 6) is 0.409. The summed E-state index contributed by atoms with van der Waals surface area (Å²) in [5, 5.41) is 0.283. The lowest BCUT2D eigenvalue weighted by Gasteiger charge is -2.37. The van der Waals surface area contributed by atoms with E-state index in [1.807, 2.05) is 0 Å². The average Bonchev–Trinajstić information content (AvgIpc) is 2.19. The number of hydrogen-bond donors (Lipinski definition) is 0. The number of likely N-dealkylation sites (tertiary alicyclic amines) is 1. The average molecular weight is 257 g/mol. The molecular formula is C13H27NO2Si. The highest BCUT2D eigenvalue weighted by atomic mass is 28.4. The summed E-state index contributed by atoms with van der Waals surface area (Å²) in [4.78, 5) is 13.5. The summed E-state index contributed by atoms with van der Waals surface area (Å²) in [6.07, 6.45) is 1.44. The van der Waals surface area contributed by atoms with Crippen molar-refractivity contribution >= 4 is 14.1 Å². The Morgan fingerprint density at radius 2 is 1.76 bits per heavy atom. The molecule has 0 saturated carbocycles. The SMILES string of the molecule is CC(C)(C)[Si](C)(C)OCCN1CCC(=O)CC1. The maximum Gasteiger partial charge on any atom is 0.192 e. The second kappa shape index (κ2) is 5.63. The van der Waals surface area contributed by atoms with Crippen LogP contribution in [0.1, 0.15) is 33.6 Å². The molecule has 3 nitrogen and oxygen atoms in total. The quantitative estimate of drug-likeness (QED) is 0.725. The zero-order valence-electron chi connectivity index (χ0n) is 12.0. The van der Waals surface area contributed by atoms with Crippen LogP contribution in [0.5, 0.6) is 0 Å². The molecule has 0 spiro atoms. The van der Waals surface area contributed by atoms with Crippen molar-refractivity contribution in [3.8, 4) is 0 Å². The van der Waals surface area contributed by atoms with Crippen molar-refractivity contribution in [2.75, 3.05) is 26.2 Å². The van der Waals surface area contributed by atoms with Gasteiger partial charge in [-0.2, -0.15) is 0 Å². The van der Waals surface area contributed by atoms with Crippen molar-refractivity contribution in [2.45, 2.75) is 51.7 Å². The van der Waals surface area contributed by atoms with Gasteiger partial charge in [-0.3, -0.25) is 4.79 Å². The second-order valence-electron chi connectivity index (χ2n) is 6.49. The fraction of sp³-hybridized carbons (Fsp3) is 0.923. The van der Waals surface area contributed by atoms with Crippen molar-refractivity contribution in [3.05, 3.63) is 0 Å². The molecule has 0 aliphatic carbocycles. The fourth-order valence-corrected chi connectivity index (χ4v) is 2.71. The zero-order chi connectivity index (χ0) is 13.1. The van der Waals surface area contributed by atoms with Crippen LogP contribution in [0.15, 0.2) is 0 Å². The molecule has 0 aromatic rings. The fourth-order valence-electron chi connectivity index (χ4n) is 1.67. The summed E-state index contributed by atoms with van der Waals surface area (Å²) < 4.78 is 6.14. The highest BCUT2D eigenvalue weighted by Gasteiger charge is 2.37. The van der Waals surface area contributed by atoms with Crippen LogP contribution in [0.4, 0.5) is 0 Å². The third kappa shape index (κ3) is 4.52. The molecule has 1 aliphatic rings. The van der Waals surface area contributed by atoms with Crippen LogP contribution in [-0.4, -0.2) is 45.2 Å². The van der Waals surface area contributed by atoms with Crippen LogP contribution in [-0.2, 0) is 9.22 Å². The van der Waals surface area contributed by atoms with Gasteiger partial charge < -0.3 is 9.33 Å². The molecule has 1 saturated heterocycles. The highest BCUT2D eigenvalue weighted by Crippen LogP contribution is 2.36. The first-order valence-corrected chi connectivity index (χ1v) is 9.51. The van der Waals surface area contributed by atoms with Crippen molar-refractivity contribution < 1.29 is 9.22 Å². The van der Waals surface area contributed by atoms with Gasteiger partial charge in [-0.05, 0) is 18.1 Å². The molecule has 0 N–H and O–H groups in total. The van der Waals surface area contributed by atoms with E-state index in [0.717, 1.165) is 39.1 Å². The van der Waals surface area contributed by atoms with Crippen LogP contribution >= 0.6 is 0 Å². The van der Waals surface area contributed by atoms with Crippen molar-refractivity contribution in [1.29, 1.82) is 0 Å². The first-order valence-electron chi connectivity index (χ1n) is 6.60. The Morgan fingerprint density at radius 1 is 1.24 bits per heavy atom. The number of rotatable bonds is 4. The maximum atomic E-state index is 11.1. The monoisotopic (exact) mass is 257 g/mol. The number of piperidine rings is 1. The first kappa shape index (κ1) is 14.9. The number of Topliss-reactive ketones (excluding diaryl/α,β-unsaturated/α-hetero) is 1. The van der Waals surface area contributed by atoms with Gasteiger partial charge in [0.1, 0.15) is 5.78 Å². The molecule has 1 rings (SSSR count). The van der Waals surface area contributed by atoms with Crippen molar-refractivity contribution in [1.82, 2.24) is 4.90 Å². The van der Waals surface area contributed by atoms with Gasteiger partial charge >= 0.3 is 0 Å². The lowest BCUT2D eigenvalue weighted by atomic mass is 10.1. The van der Waals surface area contributed by atoms with Crippen molar-refractivity contribution in [2.24, 2.45) is 0 Å². The first-order chi connectivity index (χ1) is 7.72. The molecule has 1 aliphatic heterocycles. The highest BCUT2D eigenvalue weighted by molar-refractivity contribution is 6.74. The Hall–Kier alpha value is -0.193. The summed E-state index contributed by atoms with van der Waals surface area (Å²) in [7, 11) is -1.60. The largest absolute Gasteiger partial charge is 0.416 e. The number of hydrogen-bond acceptors (Lipinski definition) is 3. The third-order valence-corrected chi connectivity index (χ3v) is 8.63. The summed E-state index contributed by atoms with van der Waals surface area (Å²) >= 11 is 0. The van der Waals surface area contributed by atoms with Gasteiger partial charge in [0.15, 0.2) is 8.32 Å². The van der Waals surface area contributed by atoms with E-state index in [1.165, 1.54) is 0 Å². The minimum Gasteiger partial charge on any atom is -0.416 e. The Morgan fingerprint density at radius 3 is 2.24 bits per heavy atom. The molecular weight excluding hydrogens is 230 g/mol. The van der Waals surface area contributed by atoms with Crippen LogP contribution in [0, 0.1) is 0 Å². The predicted molar refractivity (Wildman–Crippen MR) is 73.8 cm³/mol. The van der Waals surface area contributed by atoms with E-state index < -0.39 is 8.32 Å². The topological polar surface area (TPSA) is 29.5 Å². The molecule has 0 atom stereocenters. The number of ketones is 1. The number of nitrogens with zero attached hydrogens (tertiary/aromatic N) is 1. The van der Waals surface area contributed by atoms with Gasteiger partial charge in [0, 0.05) is 39.1 Å². The number of carbonyl (C=O) groups is 1. The van der Waals surface area contributed by atoms with Gasteiger partial charge in [-0.1, -0.05) is 20.8 Å². The van der Waals surface area contributed by atoms with E-state index in [9.17, 15) is 4.79 Å². The van der Waals surface area contributed by atoms with E-state index in [0.29, 0.717) is 5.78 Å². The minimum atomic E-state index is -1.60. The van der Waals surface area contributed by atoms with Crippen LogP contribution in [0.2, 0.25) is 18.1 Å². The van der Waals surface area contributed by atoms with E-state index in [2.05, 4.69) is 38.8 Å². The van der Waals surface area contributed by atoms with E-state index in [4.69, 9.17) is 4.43 Å². The Labute approximate surface area is 107 Å². The molecule has 1 fully saturated rings. The Bertz CT molecular complexity index is 261. The van der Waals surface area contributed by atoms with Gasteiger partial charge in [0.25, 0.3) is 0 Å². The van der Waals surface area contributed by atoms with Gasteiger partial charge in [-0.25, -0.2) is 0 Å². The molecule has 4 heteroatoms. The van der Waals surface area contributed by atoms with Gasteiger partial charge in [0.05, 0.1) is 0 Å². The summed E-state index contributed by atoms with van der Waals surface area (Å²) in [6.45, 7) is 15.0. The molecule has 1 heterocycles. The van der Waals surface area contributed by atoms with E-state index in [-0.39, 0.29) is 5.04 Å². The molecule has 0 amide bonds. The summed E-state index contributed by atoms with van der Waals surface area (Å²) in [5.41, 5.74) is 0. The van der Waals surface area contributed by atoms with Crippen LogP contribution in [0.25, 0.3) is 0 Å². The van der Waals surface area contributed by atoms with E-state index >= 15 is 0 Å². The minimum absolute atomic E-state index is 0.283. The van der Waals surface area contributed by atoms with Crippen LogP contribution in [0.3, 0.4) is 0 Å². The molecule has 17 heavy (non-hydrogen) atoms. The molecule has 0 radical (unpaired) electrons. The van der Waals surface area contributed by atoms with Gasteiger partial charge in [0.2, 0.25) is 0 Å². The zero-order valence-corrected chi connectivity index (χ0v) is 13.0. The second-order valence-corrected chi connectivity index (χ2v) is 11.3. The molecule has 0 unspecified atom stereocenters. The lowest BCUT2D eigenvalue weighted by Crippen LogP contribution is -2.43. The van der Waals surface area contributed by atoms with E-state index in [1.54, 1.807) is 0 Å². The smallest absolute Gasteiger partial charge is 0.192 e. The Kier molecular flexibility index (Phi) is 4.92. The Balaban J connectivity index is 2.26. The maximum absolute atomic E-state index is 11.1. The normalized spacial score (nSPS) is 19.7. The predicted octanol–water partition coefficient (Wildman–Crippen LogP) is 2.67. The van der Waals surface area contributed by atoms with Gasteiger partial charge in [-0.15, -0.1) is 0 Å². The standard InChI is InChI=1S/C13H27NO2Si/c1-13(2,3)17(4,5)16-11-10-14-8-6-12(15)7-9-14/h6-11H2,1-5H3. The van der Waals surface area contributed by atoms with Crippen LogP contribution < -0.4 is 0 Å². The summed E-state index contributed by atoms with van der Waals surface area (Å²) in [6, 6.07) is 0. The molecule has 0 aromatic heterocycles. The third-order valence-electron chi connectivity index (χ3n) is 4.09.